The third kappa shape index (κ3) is 25.4. The van der Waals surface area contributed by atoms with E-state index < -0.39 is 27.0 Å². The van der Waals surface area contributed by atoms with Crippen molar-refractivity contribution < 1.29 is 27.0 Å². The molecular weight excluding hydrogens is 1750 g/mol. The molecule has 1 aliphatic heterocycles. The molecule has 18 rings (SSSR count). The Kier molecular flexibility index (Phi) is 38.1. The van der Waals surface area contributed by atoms with E-state index in [9.17, 15) is 0 Å². The van der Waals surface area contributed by atoms with Crippen LogP contribution in [0.1, 0.15) is 367 Å². The summed E-state index contributed by atoms with van der Waals surface area (Å²) in [7, 11) is 24.8. The molecule has 12 aliphatic rings. The first-order valence-electron chi connectivity index (χ1n) is 48.2. The van der Waals surface area contributed by atoms with Gasteiger partial charge in [0.1, 0.15) is 0 Å². The summed E-state index contributed by atoms with van der Waals surface area (Å²) in [6.07, 6.45) is 75.7. The molecule has 0 spiro atoms. The molecule has 0 amide bonds. The van der Waals surface area contributed by atoms with Crippen LogP contribution in [-0.2, 0) is 27.0 Å². The van der Waals surface area contributed by atoms with Crippen LogP contribution in [0.25, 0.3) is 11.1 Å². The Morgan fingerprint density at radius 1 is 0.271 bits per heavy atom. The van der Waals surface area contributed by atoms with Gasteiger partial charge in [0.05, 0.1) is 50.9 Å². The van der Waals surface area contributed by atoms with Crippen LogP contribution in [0.15, 0.2) is 133 Å². The fourth-order valence-electron chi connectivity index (χ4n) is 24.9. The zero-order valence-electron chi connectivity index (χ0n) is 74.3. The van der Waals surface area contributed by atoms with Gasteiger partial charge < -0.3 is 9.80 Å². The van der Waals surface area contributed by atoms with Gasteiger partial charge in [0.2, 0.25) is 0 Å². The second kappa shape index (κ2) is 48.1. The molecule has 648 valence electrons. The van der Waals surface area contributed by atoms with Gasteiger partial charge in [-0.3, -0.25) is 0 Å². The second-order valence-electron chi connectivity index (χ2n) is 38.4. The van der Waals surface area contributed by atoms with Gasteiger partial charge in [0, 0.05) is 48.2 Å². The van der Waals surface area contributed by atoms with Crippen molar-refractivity contribution >= 4 is 93.3 Å². The van der Waals surface area contributed by atoms with Gasteiger partial charge in [0.15, 0.2) is 0 Å². The van der Waals surface area contributed by atoms with E-state index in [4.69, 9.17) is 38.8 Å². The Morgan fingerprint density at radius 2 is 0.534 bits per heavy atom. The van der Waals surface area contributed by atoms with Gasteiger partial charge in [-0.1, -0.05) is 93.2 Å². The van der Waals surface area contributed by atoms with E-state index in [0.717, 1.165) is 21.3 Å². The van der Waals surface area contributed by atoms with Gasteiger partial charge in [-0.25, -0.2) is 0 Å². The number of allylic oxidation sites excluding steroid dienone is 2. The molecule has 0 N–H and O–H groups in total. The fourth-order valence-corrected chi connectivity index (χ4v) is 45.5. The van der Waals surface area contributed by atoms with Gasteiger partial charge in [-0.2, -0.15) is 6.67 Å². The van der Waals surface area contributed by atoms with E-state index in [1.165, 1.54) is 151 Å². The van der Waals surface area contributed by atoms with E-state index in [-0.39, 0.29) is 23.8 Å². The number of benzene rings is 6. The molecule has 9 saturated carbocycles. The number of anilines is 2. The zero-order chi connectivity index (χ0) is 82.3. The van der Waals surface area contributed by atoms with Crippen LogP contribution in [0.5, 0.6) is 0 Å². The molecule has 10 fully saturated rings. The average Bonchev–Trinajstić information content (AvgIpc) is 1.61. The first-order valence-corrected chi connectivity index (χ1v) is 64.1. The molecule has 6 aromatic rings. The molecular formula is C107H153Cl4N2P3Ru2+2. The summed E-state index contributed by atoms with van der Waals surface area (Å²) < 4.78 is 2.26. The summed E-state index contributed by atoms with van der Waals surface area (Å²) in [4.78, 5) is 4.81. The molecule has 0 unspecified atom stereocenters. The minimum absolute atomic E-state index is 0.0465. The molecule has 1 heterocycles. The minimum atomic E-state index is -1.92. The SMILES string of the molecule is C1CCC([PH+](C2CCCCC2)C2CCCCC2)CC1.C1CCC([PH+](C2CCCCC2)C2CCCCC2)CC1.C1CCC([PH+](C2CCCCC2)C2CCCCC2)CC1.Cc1cc(C)c(N2[CH-]N(c3c(C)cc(C)cc3C)CC2)c(C)c1.Cc1ccccc1C1=C[C](=[Ru]([Cl])[Cl])c2cccc(C)c21.[Cl][Ru]([Cl])=[C]1C=C(c2ccccc2)c2ccccc21. The molecule has 1 saturated heterocycles. The molecule has 11 aliphatic carbocycles. The number of hydrogen-bond donors (Lipinski definition) is 0. The summed E-state index contributed by atoms with van der Waals surface area (Å²) in [5, 5.41) is 0. The molecule has 118 heavy (non-hydrogen) atoms. The molecule has 0 radical (unpaired) electrons. The van der Waals surface area contributed by atoms with Crippen LogP contribution in [0.2, 0.25) is 0 Å². The Hall–Kier alpha value is -2.16. The van der Waals surface area contributed by atoms with Crippen LogP contribution in [-0.4, -0.2) is 72.2 Å². The topological polar surface area (TPSA) is 6.48 Å². The third-order valence-electron chi connectivity index (χ3n) is 30.0. The molecule has 6 aromatic carbocycles. The van der Waals surface area contributed by atoms with E-state index in [0.29, 0.717) is 0 Å². The molecule has 0 aromatic heterocycles. The van der Waals surface area contributed by atoms with Gasteiger partial charge in [-0.15, -0.1) is 0 Å². The van der Waals surface area contributed by atoms with E-state index >= 15 is 0 Å². The summed E-state index contributed by atoms with van der Waals surface area (Å²) in [6.45, 7) is 21.9. The standard InChI is InChI=1S/C21H27N2.3C18H33P.C17H14.C15H10.4ClH.2Ru/c1-14-9-16(3)20(17(4)10-14)22-7-8-23(13-22)21-18(5)11-15(2)12-19(21)6;3*1-4-10-16(11-5-1)19(17-12-6-2-7-13-17)18-14-8-3-9-15-18;1-12-6-3-4-9-15(12)16-11-10-14-8-5-7-13(2)17(14)16;1-2-6-12(7-3-1)15-11-10-13-8-4-5-9-14(13)15;;;;;;/h9-13H,7-8H2,1-6H3;3*16-18H,1-15H2;3-9,11H,1-2H3;1-9,11H;4*1H;;/q-1;;;;;;;;;;2*+2/p-1. The summed E-state index contributed by atoms with van der Waals surface area (Å²) in [5.74, 6) is 0. The maximum absolute atomic E-state index is 6.28. The Labute approximate surface area is 749 Å². The average molecular weight is 1900 g/mol. The van der Waals surface area contributed by atoms with Crippen molar-refractivity contribution in [3.05, 3.63) is 218 Å². The number of halogens is 4. The van der Waals surface area contributed by atoms with Crippen LogP contribution in [0, 0.1) is 62.1 Å². The number of hydrogen-bond acceptors (Lipinski definition) is 2. The number of rotatable bonds is 13. The van der Waals surface area contributed by atoms with Crippen molar-refractivity contribution in [3.63, 3.8) is 0 Å². The van der Waals surface area contributed by atoms with Crippen LogP contribution in [0.3, 0.4) is 0 Å². The zero-order valence-corrected chi connectivity index (χ0v) is 83.8. The third-order valence-corrected chi connectivity index (χ3v) is 49.9. The Bertz CT molecular complexity index is 3870. The summed E-state index contributed by atoms with van der Waals surface area (Å²) >= 11 is -3.80. The van der Waals surface area contributed by atoms with Gasteiger partial charge in [0.25, 0.3) is 0 Å². The normalized spacial score (nSPS) is 21.4. The first kappa shape index (κ1) is 93.5. The maximum atomic E-state index is 6.28. The Morgan fingerprint density at radius 3 is 0.847 bits per heavy atom. The van der Waals surface area contributed by atoms with Crippen LogP contribution in [0.4, 0.5) is 11.4 Å². The van der Waals surface area contributed by atoms with Crippen LogP contribution >= 0.6 is 62.5 Å². The predicted octanol–water partition coefficient (Wildman–Crippen LogP) is 33.4. The molecule has 11 heteroatoms. The van der Waals surface area contributed by atoms with E-state index in [1.807, 2.05) is 24.3 Å². The quantitative estimate of drug-likeness (QED) is 0.0646. The van der Waals surface area contributed by atoms with Gasteiger partial charge >= 0.3 is 253 Å². The number of aryl methyl sites for hydroxylation is 8. The van der Waals surface area contributed by atoms with Crippen molar-refractivity contribution in [1.29, 1.82) is 0 Å². The second-order valence-corrected chi connectivity index (χ2v) is 60.4. The van der Waals surface area contributed by atoms with Crippen molar-refractivity contribution in [3.8, 4) is 0 Å². The first-order chi connectivity index (χ1) is 57.6. The molecule has 0 bridgehead atoms. The van der Waals surface area contributed by atoms with Gasteiger partial charge in [-0.05, 0) is 295 Å². The monoisotopic (exact) mass is 1900 g/mol. The van der Waals surface area contributed by atoms with E-state index in [1.54, 1.807) is 289 Å². The molecule has 0 atom stereocenters. The Balaban J connectivity index is 0.000000123. The molecule has 2 nitrogen and oxygen atoms in total. The number of fused-ring (bicyclic) bond motifs is 2. The predicted molar refractivity (Wildman–Crippen MR) is 528 cm³/mol. The number of nitrogens with zero attached hydrogens (tertiary/aromatic N) is 2. The van der Waals surface area contributed by atoms with Crippen molar-refractivity contribution in [2.45, 2.75) is 395 Å². The fraction of sp³-hybridized carbons (Fsp3) is 0.598. The van der Waals surface area contributed by atoms with Crippen LogP contribution < -0.4 is 9.80 Å². The van der Waals surface area contributed by atoms with Crippen molar-refractivity contribution in [1.82, 2.24) is 0 Å². The van der Waals surface area contributed by atoms with E-state index in [2.05, 4.69) is 181 Å². The summed E-state index contributed by atoms with van der Waals surface area (Å²) in [6, 6.07) is 42.6. The van der Waals surface area contributed by atoms with Crippen molar-refractivity contribution in [2.75, 3.05) is 22.9 Å². The van der Waals surface area contributed by atoms with Crippen molar-refractivity contribution in [2.24, 2.45) is 0 Å². The summed E-state index contributed by atoms with van der Waals surface area (Å²) in [5.41, 5.74) is 34.3.